The molecule has 8 nitrogen and oxygen atoms in total. The van der Waals surface area contributed by atoms with Crippen LogP contribution in [0.15, 0.2) is 85.5 Å². The topological polar surface area (TPSA) is 155 Å². The Labute approximate surface area is 269 Å². The first-order valence-electron chi connectivity index (χ1n) is 14.1. The summed E-state index contributed by atoms with van der Waals surface area (Å²) in [6.07, 6.45) is 7.18. The van der Waals surface area contributed by atoms with Crippen molar-refractivity contribution in [3.63, 3.8) is 0 Å². The van der Waals surface area contributed by atoms with Crippen molar-refractivity contribution in [2.75, 3.05) is 0 Å². The van der Waals surface area contributed by atoms with Gasteiger partial charge < -0.3 is 20.5 Å². The van der Waals surface area contributed by atoms with Crippen LogP contribution in [0.2, 0.25) is 22.2 Å². The Balaban J connectivity index is 0.000000767. The summed E-state index contributed by atoms with van der Waals surface area (Å²) < 4.78 is 0. The van der Waals surface area contributed by atoms with E-state index in [0.717, 1.165) is 33.1 Å². The summed E-state index contributed by atoms with van der Waals surface area (Å²) in [6.45, 7) is 16.8. The van der Waals surface area contributed by atoms with Gasteiger partial charge in [-0.2, -0.15) is 0 Å². The van der Waals surface area contributed by atoms with Gasteiger partial charge in [0.25, 0.3) is 0 Å². The van der Waals surface area contributed by atoms with E-state index in [9.17, 15) is 9.59 Å². The zero-order valence-electron chi connectivity index (χ0n) is 26.4. The molecule has 4 rings (SSSR count). The van der Waals surface area contributed by atoms with Crippen LogP contribution in [0, 0.1) is 0 Å². The Kier molecular flexibility index (Phi) is 16.6. The summed E-state index contributed by atoms with van der Waals surface area (Å²) in [4.78, 5) is 39.7. The second-order valence-corrected chi connectivity index (χ2v) is 20.6. The standard InChI is InChI=1S/2C16H22N2OSi.Fe.2H2O/c2*1-12(2)20(19,13(3)4)14-8-9-16(18-11-14)15-7-5-6-10-17-15;;;/h2*5-13,19H,1-4H3;;2*1H2. The maximum Gasteiger partial charge on any atom is 0.226 e. The summed E-state index contributed by atoms with van der Waals surface area (Å²) in [5, 5.41) is 2.00. The normalized spacial score (nSPS) is 11.3. The number of rotatable bonds is 8. The molecule has 0 aromatic carbocycles. The number of aromatic nitrogens is 4. The molecule has 0 unspecified atom stereocenters. The summed E-state index contributed by atoms with van der Waals surface area (Å²) in [7, 11) is -4.97. The predicted molar refractivity (Wildman–Crippen MR) is 178 cm³/mol. The van der Waals surface area contributed by atoms with Crippen molar-refractivity contribution in [2.45, 2.75) is 77.6 Å². The van der Waals surface area contributed by atoms with Crippen molar-refractivity contribution in [1.82, 2.24) is 19.9 Å². The molecular weight excluding hydrogens is 616 g/mol. The van der Waals surface area contributed by atoms with Crippen molar-refractivity contribution in [1.29, 1.82) is 0 Å². The Bertz CT molecular complexity index is 1210. The van der Waals surface area contributed by atoms with E-state index in [1.54, 1.807) is 12.4 Å². The van der Waals surface area contributed by atoms with Crippen LogP contribution < -0.4 is 10.4 Å². The molecule has 0 saturated heterocycles. The van der Waals surface area contributed by atoms with Crippen LogP contribution in [0.4, 0.5) is 0 Å². The fourth-order valence-electron chi connectivity index (χ4n) is 5.26. The van der Waals surface area contributed by atoms with E-state index in [1.165, 1.54) is 0 Å². The minimum absolute atomic E-state index is 0. The average molecular weight is 665 g/mol. The SMILES string of the molecule is CC(C)[Si](O)(c1ccc(-c2ccccn2)nc1)C(C)C.CC(C)[Si](O)(c1ccc(-c2ccccn2)nc1)C(C)C.O.O.[Fe]. The number of pyridine rings is 4. The quantitative estimate of drug-likeness (QED) is 0.263. The van der Waals surface area contributed by atoms with Crippen molar-refractivity contribution in [3.05, 3.63) is 85.5 Å². The van der Waals surface area contributed by atoms with Crippen LogP contribution in [0.5, 0.6) is 0 Å². The van der Waals surface area contributed by atoms with E-state index < -0.39 is 16.6 Å². The fraction of sp³-hybridized carbons (Fsp3) is 0.375. The molecule has 43 heavy (non-hydrogen) atoms. The van der Waals surface area contributed by atoms with Crippen LogP contribution in [0.25, 0.3) is 22.8 Å². The zero-order chi connectivity index (χ0) is 29.5. The zero-order valence-corrected chi connectivity index (χ0v) is 29.5. The molecule has 0 radical (unpaired) electrons. The molecule has 0 atom stereocenters. The van der Waals surface area contributed by atoms with E-state index in [0.29, 0.717) is 0 Å². The van der Waals surface area contributed by atoms with Gasteiger partial charge in [-0.25, -0.2) is 0 Å². The Morgan fingerprint density at radius 2 is 0.767 bits per heavy atom. The molecule has 4 aromatic heterocycles. The molecule has 4 heterocycles. The Morgan fingerprint density at radius 3 is 0.977 bits per heavy atom. The molecule has 0 bridgehead atoms. The van der Waals surface area contributed by atoms with Gasteiger partial charge in [-0.3, -0.25) is 19.9 Å². The molecule has 0 aliphatic carbocycles. The first-order valence-corrected chi connectivity index (χ1v) is 18.3. The van der Waals surface area contributed by atoms with Crippen LogP contribution >= 0.6 is 0 Å². The number of hydrogen-bond acceptors (Lipinski definition) is 6. The summed E-state index contributed by atoms with van der Waals surface area (Å²) in [6, 6.07) is 19.5. The van der Waals surface area contributed by atoms with Crippen LogP contribution in [-0.2, 0) is 17.1 Å². The molecule has 0 amide bonds. The predicted octanol–water partition coefficient (Wildman–Crippen LogP) is 4.56. The van der Waals surface area contributed by atoms with Crippen LogP contribution in [0.1, 0.15) is 55.4 Å². The molecule has 0 aliphatic heterocycles. The van der Waals surface area contributed by atoms with E-state index >= 15 is 0 Å². The molecule has 0 saturated carbocycles. The molecule has 236 valence electrons. The van der Waals surface area contributed by atoms with E-state index in [2.05, 4.69) is 75.3 Å². The molecule has 11 heteroatoms. The van der Waals surface area contributed by atoms with Gasteiger partial charge in [0, 0.05) is 41.9 Å². The molecule has 0 aliphatic rings. The number of hydrogen-bond donors (Lipinski definition) is 2. The maximum atomic E-state index is 11.1. The second-order valence-electron chi connectivity index (χ2n) is 11.6. The largest absolute Gasteiger partial charge is 0.427 e. The van der Waals surface area contributed by atoms with Gasteiger partial charge >= 0.3 is 0 Å². The van der Waals surface area contributed by atoms with Gasteiger partial charge in [0.1, 0.15) is 0 Å². The number of nitrogens with zero attached hydrogens (tertiary/aromatic N) is 4. The van der Waals surface area contributed by atoms with E-state index in [4.69, 9.17) is 0 Å². The third-order valence-electron chi connectivity index (χ3n) is 7.83. The van der Waals surface area contributed by atoms with Gasteiger partial charge in [-0.05, 0) is 68.9 Å². The molecule has 4 aromatic rings. The average Bonchev–Trinajstić information content (AvgIpc) is 2.97. The molecule has 0 spiro atoms. The third-order valence-corrected chi connectivity index (χ3v) is 17.3. The van der Waals surface area contributed by atoms with Gasteiger partial charge in [0.05, 0.1) is 22.8 Å². The van der Waals surface area contributed by atoms with Crippen molar-refractivity contribution >= 4 is 27.0 Å². The fourth-order valence-corrected chi connectivity index (χ4v) is 11.8. The molecular formula is C32H48FeN4O4Si2. The third kappa shape index (κ3) is 9.20. The first-order chi connectivity index (χ1) is 18.9. The minimum Gasteiger partial charge on any atom is -0.427 e. The first kappa shape index (κ1) is 40.4. The monoisotopic (exact) mass is 664 g/mol. The Hall–Kier alpha value is -2.61. The second kappa shape index (κ2) is 17.6. The van der Waals surface area contributed by atoms with Crippen molar-refractivity contribution in [2.24, 2.45) is 0 Å². The van der Waals surface area contributed by atoms with Gasteiger partial charge in [-0.15, -0.1) is 0 Å². The van der Waals surface area contributed by atoms with E-state index in [-0.39, 0.29) is 50.2 Å². The maximum absolute atomic E-state index is 11.1. The molecule has 0 fully saturated rings. The minimum atomic E-state index is -2.49. The summed E-state index contributed by atoms with van der Waals surface area (Å²) in [5.74, 6) is 0. The van der Waals surface area contributed by atoms with Crippen molar-refractivity contribution in [3.8, 4) is 22.8 Å². The smallest absolute Gasteiger partial charge is 0.226 e. The van der Waals surface area contributed by atoms with Gasteiger partial charge in [0.2, 0.25) is 16.6 Å². The summed E-state index contributed by atoms with van der Waals surface area (Å²) >= 11 is 0. The van der Waals surface area contributed by atoms with Gasteiger partial charge in [-0.1, -0.05) is 79.7 Å². The Morgan fingerprint density at radius 1 is 0.465 bits per heavy atom. The summed E-state index contributed by atoms with van der Waals surface area (Å²) in [5.41, 5.74) is 4.48. The van der Waals surface area contributed by atoms with E-state index in [1.807, 2.05) is 73.1 Å². The van der Waals surface area contributed by atoms with Crippen LogP contribution in [-0.4, -0.2) is 57.1 Å². The molecule has 6 N–H and O–H groups in total. The van der Waals surface area contributed by atoms with Crippen LogP contribution in [0.3, 0.4) is 0 Å². The van der Waals surface area contributed by atoms with Crippen molar-refractivity contribution < 1.29 is 37.6 Å². The van der Waals surface area contributed by atoms with Gasteiger partial charge in [0.15, 0.2) is 0 Å².